The number of ether oxygens (including phenoxy) is 6. The van der Waals surface area contributed by atoms with Crippen LogP contribution < -0.4 is 15.2 Å². The zero-order valence-corrected chi connectivity index (χ0v) is 30.6. The first-order valence-corrected chi connectivity index (χ1v) is 16.4. The lowest BCUT2D eigenvalue weighted by Gasteiger charge is -2.14. The highest BCUT2D eigenvalue weighted by Crippen LogP contribution is 2.32. The largest absolute Gasteiger partial charge is 0.505 e. The van der Waals surface area contributed by atoms with E-state index in [2.05, 4.69) is 9.47 Å². The number of rotatable bonds is 10. The molecule has 4 aromatic carbocycles. The van der Waals surface area contributed by atoms with Crippen molar-refractivity contribution in [3.63, 3.8) is 0 Å². The van der Waals surface area contributed by atoms with Gasteiger partial charge in [0.2, 0.25) is 0 Å². The standard InChI is InChI=1S/C12H15F2NO3.C11H10F2O4.C9H8F2O3.C6H4F2/c1-7(12(16)17-2)18-10-4-3-9(13)8(5-6-15)11(10)14;1-6(11(15)16-2)17-9-4-3-8(12)7(5-14)10(9)13;10-5-1-2-6(12)8(11)7(5)9-13-3-4-14-9;7-5-2-1-3-6(8)4-5/h3-4,7H,5-6,15H2,1-2H3;3-6H,1-2H3;1-2,9,12H,3-4H2;1-4H. The number of phenols is 1. The van der Waals surface area contributed by atoms with Crippen LogP contribution in [0.4, 0.5) is 35.1 Å². The topological polar surface area (TPSA) is 153 Å². The molecule has 1 heterocycles. The molecule has 1 aliphatic heterocycles. The van der Waals surface area contributed by atoms with Gasteiger partial charge in [0.05, 0.1) is 38.6 Å². The van der Waals surface area contributed by atoms with Crippen LogP contribution in [0.3, 0.4) is 0 Å². The van der Waals surface area contributed by atoms with Crippen molar-refractivity contribution in [2.24, 2.45) is 5.73 Å². The highest BCUT2D eigenvalue weighted by molar-refractivity contribution is 5.77. The lowest BCUT2D eigenvalue weighted by Crippen LogP contribution is -2.25. The molecule has 0 radical (unpaired) electrons. The molecule has 1 saturated heterocycles. The van der Waals surface area contributed by atoms with Crippen LogP contribution in [0.5, 0.6) is 17.2 Å². The van der Waals surface area contributed by atoms with Crippen molar-refractivity contribution in [3.8, 4) is 17.2 Å². The number of phenolic OH excluding ortho intramolecular Hbond substituents is 1. The first-order valence-electron chi connectivity index (χ1n) is 16.4. The van der Waals surface area contributed by atoms with Gasteiger partial charge in [-0.2, -0.15) is 0 Å². The van der Waals surface area contributed by atoms with Gasteiger partial charge in [-0.1, -0.05) is 6.07 Å². The van der Waals surface area contributed by atoms with E-state index in [9.17, 15) is 49.5 Å². The van der Waals surface area contributed by atoms with Crippen LogP contribution in [0, 0.1) is 46.5 Å². The van der Waals surface area contributed by atoms with Crippen LogP contribution in [0.1, 0.15) is 41.6 Å². The monoisotopic (exact) mass is 819 g/mol. The summed E-state index contributed by atoms with van der Waals surface area (Å²) in [7, 11) is 2.35. The van der Waals surface area contributed by atoms with Crippen molar-refractivity contribution in [2.45, 2.75) is 38.8 Å². The second kappa shape index (κ2) is 23.3. The highest BCUT2D eigenvalue weighted by Gasteiger charge is 2.27. The molecule has 0 spiro atoms. The molecule has 4 aromatic rings. The van der Waals surface area contributed by atoms with E-state index in [0.29, 0.717) is 13.2 Å². The molecule has 5 rings (SSSR count). The zero-order valence-electron chi connectivity index (χ0n) is 30.6. The van der Waals surface area contributed by atoms with E-state index < -0.39 is 88.3 Å². The fourth-order valence-corrected chi connectivity index (χ4v) is 4.36. The minimum absolute atomic E-state index is 0.0420. The normalized spacial score (nSPS) is 12.9. The van der Waals surface area contributed by atoms with Crippen molar-refractivity contribution in [2.75, 3.05) is 34.0 Å². The third-order valence-corrected chi connectivity index (χ3v) is 7.18. The predicted octanol–water partition coefficient (Wildman–Crippen LogP) is 6.80. The Morgan fingerprint density at radius 3 is 1.70 bits per heavy atom. The number of esters is 2. The summed E-state index contributed by atoms with van der Waals surface area (Å²) in [5, 5.41) is 9.03. The van der Waals surface area contributed by atoms with Gasteiger partial charge in [0.25, 0.3) is 0 Å². The Morgan fingerprint density at radius 1 is 0.754 bits per heavy atom. The molecule has 3 N–H and O–H groups in total. The van der Waals surface area contributed by atoms with Gasteiger partial charge in [-0.25, -0.2) is 44.7 Å². The third-order valence-electron chi connectivity index (χ3n) is 7.18. The van der Waals surface area contributed by atoms with E-state index in [-0.39, 0.29) is 41.9 Å². The van der Waals surface area contributed by atoms with Gasteiger partial charge in [-0.05, 0) is 75.3 Å². The fourth-order valence-electron chi connectivity index (χ4n) is 4.36. The smallest absolute Gasteiger partial charge is 0.346 e. The number of benzene rings is 4. The van der Waals surface area contributed by atoms with E-state index in [0.717, 1.165) is 49.6 Å². The number of aldehydes is 1. The Kier molecular flexibility index (Phi) is 19.4. The maximum absolute atomic E-state index is 13.9. The summed E-state index contributed by atoms with van der Waals surface area (Å²) in [5.41, 5.74) is 4.02. The van der Waals surface area contributed by atoms with Crippen molar-refractivity contribution in [1.29, 1.82) is 0 Å². The molecule has 310 valence electrons. The molecule has 0 saturated carbocycles. The lowest BCUT2D eigenvalue weighted by atomic mass is 10.1. The van der Waals surface area contributed by atoms with Gasteiger partial charge in [-0.15, -0.1) is 0 Å². The molecule has 2 atom stereocenters. The van der Waals surface area contributed by atoms with Crippen molar-refractivity contribution >= 4 is 18.2 Å². The average molecular weight is 820 g/mol. The summed E-state index contributed by atoms with van der Waals surface area (Å²) >= 11 is 0. The molecule has 11 nitrogen and oxygen atoms in total. The summed E-state index contributed by atoms with van der Waals surface area (Å²) in [6.07, 6.45) is -2.98. The van der Waals surface area contributed by atoms with Crippen molar-refractivity contribution in [3.05, 3.63) is 124 Å². The third kappa shape index (κ3) is 14.0. The van der Waals surface area contributed by atoms with E-state index >= 15 is 0 Å². The Hall–Kier alpha value is -5.79. The average Bonchev–Trinajstić information content (AvgIpc) is 3.72. The van der Waals surface area contributed by atoms with Crippen LogP contribution in [0.25, 0.3) is 0 Å². The maximum atomic E-state index is 13.9. The van der Waals surface area contributed by atoms with Gasteiger partial charge < -0.3 is 39.3 Å². The number of methoxy groups -OCH3 is 2. The molecule has 0 bridgehead atoms. The predicted molar refractivity (Wildman–Crippen MR) is 184 cm³/mol. The second-order valence-corrected chi connectivity index (χ2v) is 11.1. The van der Waals surface area contributed by atoms with E-state index in [1.807, 2.05) is 0 Å². The van der Waals surface area contributed by atoms with E-state index in [1.54, 1.807) is 0 Å². The van der Waals surface area contributed by atoms with Gasteiger partial charge in [0.15, 0.2) is 59.5 Å². The molecule has 1 fully saturated rings. The SMILES string of the molecule is COC(=O)C(C)Oc1ccc(F)c(C=O)c1F.COC(=O)C(C)Oc1ccc(F)c(CCN)c1F.Fc1cccc(F)c1.Oc1ccc(F)c(C2OCCO2)c1F. The number of hydrogen-bond donors (Lipinski definition) is 2. The van der Waals surface area contributed by atoms with Crippen LogP contribution in [-0.4, -0.2) is 69.5 Å². The number of nitrogens with two attached hydrogens (primary N) is 1. The van der Waals surface area contributed by atoms with Crippen LogP contribution in [0.15, 0.2) is 60.7 Å². The first kappa shape index (κ1) is 47.4. The Morgan fingerprint density at radius 2 is 1.25 bits per heavy atom. The molecule has 0 aliphatic carbocycles. The summed E-state index contributed by atoms with van der Waals surface area (Å²) < 4.78 is 133. The molecule has 1 aliphatic rings. The first-order chi connectivity index (χ1) is 27.0. The fraction of sp³-hybridized carbons (Fsp3) is 0.289. The van der Waals surface area contributed by atoms with E-state index in [4.69, 9.17) is 29.8 Å². The van der Waals surface area contributed by atoms with Gasteiger partial charge >= 0.3 is 11.9 Å². The van der Waals surface area contributed by atoms with E-state index in [1.165, 1.54) is 39.2 Å². The summed E-state index contributed by atoms with van der Waals surface area (Å²) in [4.78, 5) is 32.6. The number of halogens is 8. The number of carbonyl (C=O) groups excluding carboxylic acids is 3. The summed E-state index contributed by atoms with van der Waals surface area (Å²) in [6, 6.07) is 10.6. The summed E-state index contributed by atoms with van der Waals surface area (Å²) in [5.74, 6) is -9.08. The zero-order chi connectivity index (χ0) is 42.8. The minimum atomic E-state index is -1.14. The van der Waals surface area contributed by atoms with Crippen molar-refractivity contribution < 1.29 is 83.0 Å². The van der Waals surface area contributed by atoms with Gasteiger partial charge in [0, 0.05) is 11.6 Å². The Labute approximate surface area is 320 Å². The maximum Gasteiger partial charge on any atom is 0.346 e. The number of aromatic hydroxyl groups is 1. The number of hydrogen-bond acceptors (Lipinski definition) is 11. The summed E-state index contributed by atoms with van der Waals surface area (Å²) in [6.45, 7) is 3.45. The molecule has 19 heteroatoms. The molecule has 57 heavy (non-hydrogen) atoms. The minimum Gasteiger partial charge on any atom is -0.505 e. The number of carbonyl (C=O) groups is 3. The van der Waals surface area contributed by atoms with Crippen LogP contribution in [-0.2, 0) is 35.0 Å². The van der Waals surface area contributed by atoms with Crippen LogP contribution >= 0.6 is 0 Å². The highest BCUT2D eigenvalue weighted by atomic mass is 19.2. The molecule has 2 unspecified atom stereocenters. The van der Waals surface area contributed by atoms with Gasteiger partial charge in [0.1, 0.15) is 29.1 Å². The Balaban J connectivity index is 0.000000270. The van der Waals surface area contributed by atoms with Gasteiger partial charge in [-0.3, -0.25) is 4.79 Å². The lowest BCUT2D eigenvalue weighted by molar-refractivity contribution is -0.148. The molecular weight excluding hydrogens is 782 g/mol. The quantitative estimate of drug-likeness (QED) is 0.0987. The molecule has 0 aromatic heterocycles. The Bertz CT molecular complexity index is 1950. The van der Waals surface area contributed by atoms with Crippen molar-refractivity contribution in [1.82, 2.24) is 0 Å². The molecule has 0 amide bonds. The van der Waals surface area contributed by atoms with Crippen LogP contribution in [0.2, 0.25) is 0 Å². The second-order valence-electron chi connectivity index (χ2n) is 11.1. The molecular formula is C38H37F8NO10.